The third-order valence-corrected chi connectivity index (χ3v) is 8.56. The molecule has 1 saturated carbocycles. The summed E-state index contributed by atoms with van der Waals surface area (Å²) in [6, 6.07) is 15.5. The molecule has 0 saturated heterocycles. The Morgan fingerprint density at radius 2 is 1.70 bits per heavy atom. The zero-order valence-corrected chi connectivity index (χ0v) is 22.0. The smallest absolute Gasteiger partial charge is 0.204 e. The van der Waals surface area contributed by atoms with Crippen molar-refractivity contribution in [3.05, 3.63) is 81.4 Å². The van der Waals surface area contributed by atoms with E-state index in [1.54, 1.807) is 5.56 Å². The topological polar surface area (TPSA) is 72.9 Å². The van der Waals surface area contributed by atoms with Gasteiger partial charge in [-0.1, -0.05) is 37.3 Å². The number of rotatable bonds is 7. The van der Waals surface area contributed by atoms with Crippen LogP contribution in [0, 0.1) is 25.7 Å². The first-order valence-corrected chi connectivity index (χ1v) is 13.5. The van der Waals surface area contributed by atoms with Crippen LogP contribution in [0.2, 0.25) is 5.02 Å². The van der Waals surface area contributed by atoms with E-state index >= 15 is 0 Å². The van der Waals surface area contributed by atoms with Gasteiger partial charge < -0.3 is 9.47 Å². The summed E-state index contributed by atoms with van der Waals surface area (Å²) in [5, 5.41) is 14.7. The van der Waals surface area contributed by atoms with Crippen LogP contribution < -0.4 is 9.47 Å². The van der Waals surface area contributed by atoms with Crippen LogP contribution in [0.3, 0.4) is 0 Å². The van der Waals surface area contributed by atoms with Crippen LogP contribution in [0.5, 0.6) is 17.2 Å². The van der Waals surface area contributed by atoms with Gasteiger partial charge in [0.15, 0.2) is 0 Å². The molecule has 0 radical (unpaired) electrons. The Morgan fingerprint density at radius 3 is 2.46 bits per heavy atom. The minimum Gasteiger partial charge on any atom is -0.489 e. The van der Waals surface area contributed by atoms with Crippen molar-refractivity contribution in [1.82, 2.24) is 20.6 Å². The summed E-state index contributed by atoms with van der Waals surface area (Å²) in [4.78, 5) is 0. The summed E-state index contributed by atoms with van der Waals surface area (Å²) in [5.41, 5.74) is 7.41. The van der Waals surface area contributed by atoms with E-state index in [1.807, 2.05) is 42.5 Å². The van der Waals surface area contributed by atoms with E-state index in [0.29, 0.717) is 29.0 Å². The first-order chi connectivity index (χ1) is 18.0. The molecule has 1 heterocycles. The highest BCUT2D eigenvalue weighted by Gasteiger charge is 2.32. The molecule has 6 rings (SSSR count). The summed E-state index contributed by atoms with van der Waals surface area (Å²) in [7, 11) is 0. The number of hydrogen-bond donors (Lipinski definition) is 1. The number of nitrogens with zero attached hydrogens (tertiary/aromatic N) is 3. The lowest BCUT2D eigenvalue weighted by Crippen LogP contribution is -2.11. The first kappa shape index (κ1) is 24.0. The molecule has 190 valence electrons. The Bertz CT molecular complexity index is 1400. The van der Waals surface area contributed by atoms with Crippen LogP contribution in [0.25, 0.3) is 11.4 Å². The van der Waals surface area contributed by atoms with Gasteiger partial charge >= 0.3 is 0 Å². The fraction of sp³-hybridized carbons (Fsp3) is 0.367. The maximum Gasteiger partial charge on any atom is 0.204 e. The molecule has 37 heavy (non-hydrogen) atoms. The Labute approximate surface area is 222 Å². The highest BCUT2D eigenvalue weighted by molar-refractivity contribution is 6.31. The highest BCUT2D eigenvalue weighted by Crippen LogP contribution is 2.43. The first-order valence-electron chi connectivity index (χ1n) is 13.1. The van der Waals surface area contributed by atoms with Crippen LogP contribution in [-0.4, -0.2) is 20.6 Å². The van der Waals surface area contributed by atoms with E-state index < -0.39 is 0 Å². The number of hydrogen-bond acceptors (Lipinski definition) is 5. The lowest BCUT2D eigenvalue weighted by Gasteiger charge is -2.17. The molecule has 2 aliphatic carbocycles. The average molecular weight is 515 g/mol. The van der Waals surface area contributed by atoms with Crippen molar-refractivity contribution < 1.29 is 9.47 Å². The number of benzene rings is 3. The molecule has 1 atom stereocenters. The van der Waals surface area contributed by atoms with E-state index in [4.69, 9.17) is 21.1 Å². The Balaban J connectivity index is 1.15. The van der Waals surface area contributed by atoms with Gasteiger partial charge in [-0.05, 0) is 115 Å². The van der Waals surface area contributed by atoms with E-state index in [0.717, 1.165) is 28.7 Å². The number of aromatic amines is 1. The molecule has 4 aromatic rings. The standard InChI is InChI=1S/C30H31ClN4O2/c1-18-19(2)29(16-23-13-22(15-27(18)23)20-5-3-4-6-20)36-17-24-14-26(11-12-28(24)31)37-25-9-7-21(8-10-25)30-32-34-35-33-30/h7-12,14,16,20,22H,3-6,13,15,17H2,1-2H3,(H,32,33,34,35). The Kier molecular flexibility index (Phi) is 6.59. The van der Waals surface area contributed by atoms with Gasteiger partial charge in [0.2, 0.25) is 5.82 Å². The molecule has 0 aliphatic heterocycles. The molecule has 7 heteroatoms. The molecule has 3 aromatic carbocycles. The molecule has 1 unspecified atom stereocenters. The molecule has 0 bridgehead atoms. The number of ether oxygens (including phenoxy) is 2. The third kappa shape index (κ3) is 4.95. The zero-order valence-electron chi connectivity index (χ0n) is 21.3. The van der Waals surface area contributed by atoms with Crippen molar-refractivity contribution in [3.8, 4) is 28.6 Å². The van der Waals surface area contributed by atoms with Crippen LogP contribution in [-0.2, 0) is 19.4 Å². The molecular weight excluding hydrogens is 484 g/mol. The predicted octanol–water partition coefficient (Wildman–Crippen LogP) is 7.41. The summed E-state index contributed by atoms with van der Waals surface area (Å²) in [6.07, 6.45) is 8.03. The number of tetrazole rings is 1. The van der Waals surface area contributed by atoms with Crippen molar-refractivity contribution >= 4 is 11.6 Å². The maximum absolute atomic E-state index is 6.54. The lowest BCUT2D eigenvalue weighted by molar-refractivity contribution is 0.303. The second-order valence-corrected chi connectivity index (χ2v) is 10.8. The van der Waals surface area contributed by atoms with Gasteiger partial charge in [-0.15, -0.1) is 10.2 Å². The SMILES string of the molecule is Cc1c(OCc2cc(Oc3ccc(-c4nn[nH]n4)cc3)ccc2Cl)cc2c(c1C)CC(C1CCCC1)C2. The summed E-state index contributed by atoms with van der Waals surface area (Å²) in [5.74, 6) is 4.62. The minimum atomic E-state index is 0.387. The number of fused-ring (bicyclic) bond motifs is 1. The molecule has 0 amide bonds. The van der Waals surface area contributed by atoms with Crippen molar-refractivity contribution in [2.45, 2.75) is 59.0 Å². The molecule has 1 aromatic heterocycles. The van der Waals surface area contributed by atoms with E-state index in [2.05, 4.69) is 40.5 Å². The summed E-state index contributed by atoms with van der Waals surface area (Å²) >= 11 is 6.54. The third-order valence-electron chi connectivity index (χ3n) is 8.19. The van der Waals surface area contributed by atoms with Gasteiger partial charge in [-0.25, -0.2) is 0 Å². The highest BCUT2D eigenvalue weighted by atomic mass is 35.5. The van der Waals surface area contributed by atoms with E-state index in [-0.39, 0.29) is 0 Å². The zero-order chi connectivity index (χ0) is 25.4. The van der Waals surface area contributed by atoms with Crippen LogP contribution in [0.1, 0.15) is 53.5 Å². The molecule has 0 spiro atoms. The number of H-pyrrole nitrogens is 1. The number of aromatic nitrogens is 4. The van der Waals surface area contributed by atoms with Crippen molar-refractivity contribution in [2.75, 3.05) is 0 Å². The number of halogens is 1. The monoisotopic (exact) mass is 514 g/mol. The fourth-order valence-corrected chi connectivity index (χ4v) is 6.15. The predicted molar refractivity (Wildman–Crippen MR) is 144 cm³/mol. The van der Waals surface area contributed by atoms with Gasteiger partial charge in [-0.2, -0.15) is 5.21 Å². The second kappa shape index (κ2) is 10.2. The van der Waals surface area contributed by atoms with Gasteiger partial charge in [0.1, 0.15) is 23.9 Å². The quantitative estimate of drug-likeness (QED) is 0.278. The van der Waals surface area contributed by atoms with Crippen LogP contribution >= 0.6 is 11.6 Å². The van der Waals surface area contributed by atoms with Gasteiger partial charge in [0.25, 0.3) is 0 Å². The van der Waals surface area contributed by atoms with Crippen LogP contribution in [0.4, 0.5) is 0 Å². The number of nitrogens with one attached hydrogen (secondary N) is 1. The van der Waals surface area contributed by atoms with Gasteiger partial charge in [0, 0.05) is 16.1 Å². The molecule has 2 aliphatic rings. The molecule has 1 N–H and O–H groups in total. The fourth-order valence-electron chi connectivity index (χ4n) is 5.97. The Hall–Kier alpha value is -3.38. The van der Waals surface area contributed by atoms with Gasteiger partial charge in [-0.3, -0.25) is 0 Å². The molecular formula is C30H31ClN4O2. The normalized spacial score (nSPS) is 17.2. The second-order valence-electron chi connectivity index (χ2n) is 10.4. The molecule has 1 fully saturated rings. The van der Waals surface area contributed by atoms with Crippen LogP contribution in [0.15, 0.2) is 48.5 Å². The Morgan fingerprint density at radius 1 is 0.919 bits per heavy atom. The van der Waals surface area contributed by atoms with Crippen molar-refractivity contribution in [1.29, 1.82) is 0 Å². The van der Waals surface area contributed by atoms with E-state index in [9.17, 15) is 0 Å². The van der Waals surface area contributed by atoms with Gasteiger partial charge in [0.05, 0.1) is 0 Å². The molecule has 6 nitrogen and oxygen atoms in total. The minimum absolute atomic E-state index is 0.387. The largest absolute Gasteiger partial charge is 0.489 e. The summed E-state index contributed by atoms with van der Waals surface area (Å²) in [6.45, 7) is 4.81. The summed E-state index contributed by atoms with van der Waals surface area (Å²) < 4.78 is 12.5. The van der Waals surface area contributed by atoms with Crippen molar-refractivity contribution in [3.63, 3.8) is 0 Å². The maximum atomic E-state index is 6.54. The van der Waals surface area contributed by atoms with Crippen molar-refractivity contribution in [2.24, 2.45) is 11.8 Å². The average Bonchev–Trinajstić information content (AvgIpc) is 3.69. The lowest BCUT2D eigenvalue weighted by atomic mass is 9.88. The van der Waals surface area contributed by atoms with E-state index in [1.165, 1.54) is 55.2 Å².